The van der Waals surface area contributed by atoms with Crippen molar-refractivity contribution in [3.05, 3.63) is 0 Å². The van der Waals surface area contributed by atoms with Gasteiger partial charge in [-0.1, -0.05) is 0 Å². The normalized spacial score (nSPS) is 0. The molecular formula is H4CaFe2MgO7. The predicted octanol–water partition coefficient (Wildman–Crippen LogP) is -1.83. The maximum atomic E-state index is 0. The van der Waals surface area contributed by atoms with Gasteiger partial charge in [0.2, 0.25) is 0 Å². The van der Waals surface area contributed by atoms with Crippen LogP contribution in [0, 0.1) is 0 Å². The molecule has 0 spiro atoms. The average Bonchev–Trinajstić information content (AvgIpc) is 0. The van der Waals surface area contributed by atoms with Gasteiger partial charge in [0.05, 0.1) is 0 Å². The van der Waals surface area contributed by atoms with E-state index in [1.165, 1.54) is 0 Å². The minimum absolute atomic E-state index is 0. The average molecular weight is 292 g/mol. The van der Waals surface area contributed by atoms with Crippen molar-refractivity contribution in [2.24, 2.45) is 0 Å². The fourth-order valence-electron chi connectivity index (χ4n) is 0. The first-order valence-electron chi connectivity index (χ1n) is 0. The first-order valence-corrected chi connectivity index (χ1v) is 0. The second-order valence-electron chi connectivity index (χ2n) is 0. The summed E-state index contributed by atoms with van der Waals surface area (Å²) < 4.78 is 0. The summed E-state index contributed by atoms with van der Waals surface area (Å²) in [6.45, 7) is 0. The van der Waals surface area contributed by atoms with Crippen molar-refractivity contribution >= 4 is 60.8 Å². The van der Waals surface area contributed by atoms with E-state index >= 15 is 0 Å². The van der Waals surface area contributed by atoms with Gasteiger partial charge in [0.15, 0.2) is 0 Å². The third-order valence-corrected chi connectivity index (χ3v) is 0. The van der Waals surface area contributed by atoms with E-state index < -0.39 is 0 Å². The van der Waals surface area contributed by atoms with E-state index in [9.17, 15) is 0 Å². The van der Waals surface area contributed by atoms with E-state index in [2.05, 4.69) is 0 Å². The van der Waals surface area contributed by atoms with E-state index in [-0.39, 0.29) is 133 Å². The van der Waals surface area contributed by atoms with Gasteiger partial charge in [-0.3, -0.25) is 0 Å². The number of rotatable bonds is 0. The van der Waals surface area contributed by atoms with Crippen molar-refractivity contribution in [1.29, 1.82) is 0 Å². The Morgan fingerprint density at radius 1 is 0.455 bits per heavy atom. The first-order chi connectivity index (χ1) is 0. The molecule has 0 heterocycles. The van der Waals surface area contributed by atoms with Crippen LogP contribution < -0.4 is 0 Å². The molecule has 0 aliphatic carbocycles. The topological polar surface area (TPSA) is 206 Å². The van der Waals surface area contributed by atoms with Gasteiger partial charge >= 0.3 is 94.9 Å². The van der Waals surface area contributed by atoms with Gasteiger partial charge in [0.25, 0.3) is 0 Å². The summed E-state index contributed by atoms with van der Waals surface area (Å²) in [6, 6.07) is 0. The minimum atomic E-state index is 0. The van der Waals surface area contributed by atoms with Crippen LogP contribution in [-0.4, -0.2) is 82.7 Å². The fraction of sp³-hybridized carbons (Fsp3) is 0. The van der Waals surface area contributed by atoms with Gasteiger partial charge in [-0.05, 0) is 0 Å². The molecule has 7 nitrogen and oxygen atoms in total. The molecule has 0 unspecified atom stereocenters. The minimum Gasteiger partial charge on any atom is -2.00 e. The summed E-state index contributed by atoms with van der Waals surface area (Å²) in [5, 5.41) is 0. The molecule has 0 aromatic carbocycles. The quantitative estimate of drug-likeness (QED) is 0.471. The molecule has 0 saturated carbocycles. The summed E-state index contributed by atoms with van der Waals surface area (Å²) in [5.74, 6) is 0. The molecule has 0 saturated heterocycles. The molecular weight excluding hydrogens is 288 g/mol. The Hall–Kier alpha value is 2.78. The molecule has 0 fully saturated rings. The van der Waals surface area contributed by atoms with E-state index in [1.807, 2.05) is 0 Å². The van der Waals surface area contributed by atoms with Gasteiger partial charge in [-0.2, -0.15) is 0 Å². The van der Waals surface area contributed by atoms with Gasteiger partial charge < -0.3 is 38.3 Å². The first kappa shape index (κ1) is 291. The maximum Gasteiger partial charge on any atom is 3.00 e. The van der Waals surface area contributed by atoms with Gasteiger partial charge in [0, 0.05) is 0 Å². The standard InChI is InChI=1S/Ca.2Fe.Mg.4H2O.3O/h;;;;4*1H2;;;/q+2;2*+3;+2;;;;;3*-2/p-4. The molecule has 0 aromatic heterocycles. The summed E-state index contributed by atoms with van der Waals surface area (Å²) in [6.07, 6.45) is 0. The SMILES string of the molecule is [Ca+2].[Fe+3].[Fe+3].[Mg+2].[O-2].[O-2].[O-2].[OH-].[OH-].[OH-].[OH-]. The number of hydrogen-bond acceptors (Lipinski definition) is 4. The van der Waals surface area contributed by atoms with Crippen molar-refractivity contribution in [2.75, 3.05) is 0 Å². The van der Waals surface area contributed by atoms with Crippen molar-refractivity contribution in [2.45, 2.75) is 0 Å². The van der Waals surface area contributed by atoms with Crippen molar-refractivity contribution < 1.29 is 72.5 Å². The smallest absolute Gasteiger partial charge is 2.00 e. The second kappa shape index (κ2) is 229. The molecule has 0 atom stereocenters. The molecule has 0 rings (SSSR count). The predicted molar refractivity (Wildman–Crippen MR) is 21.3 cm³/mol. The van der Waals surface area contributed by atoms with Gasteiger partial charge in [-0.15, -0.1) is 0 Å². The molecule has 11 heavy (non-hydrogen) atoms. The van der Waals surface area contributed by atoms with Crippen molar-refractivity contribution in [3.63, 3.8) is 0 Å². The number of hydrogen-bond donors (Lipinski definition) is 0. The molecule has 66 valence electrons. The molecule has 11 heteroatoms. The van der Waals surface area contributed by atoms with Gasteiger partial charge in [-0.25, -0.2) is 0 Å². The maximum absolute atomic E-state index is 0. The summed E-state index contributed by atoms with van der Waals surface area (Å²) in [7, 11) is 0. The zero-order chi connectivity index (χ0) is 0. The Balaban J connectivity index is 0. The molecule has 0 bridgehead atoms. The zero-order valence-electron chi connectivity index (χ0n) is 5.13. The van der Waals surface area contributed by atoms with Crippen LogP contribution in [-0.2, 0) is 50.6 Å². The summed E-state index contributed by atoms with van der Waals surface area (Å²) >= 11 is 0. The van der Waals surface area contributed by atoms with Crippen LogP contribution >= 0.6 is 0 Å². The van der Waals surface area contributed by atoms with E-state index in [4.69, 9.17) is 0 Å². The largest absolute Gasteiger partial charge is 3.00 e. The monoisotopic (exact) mass is 292 g/mol. The van der Waals surface area contributed by atoms with Crippen LogP contribution in [0.1, 0.15) is 0 Å². The molecule has 0 aliphatic heterocycles. The van der Waals surface area contributed by atoms with Gasteiger partial charge in [0.1, 0.15) is 0 Å². The second-order valence-corrected chi connectivity index (χ2v) is 0. The van der Waals surface area contributed by atoms with Crippen LogP contribution in [0.15, 0.2) is 0 Å². The molecule has 0 aromatic rings. The Morgan fingerprint density at radius 2 is 0.455 bits per heavy atom. The Bertz CT molecular complexity index is 16.4. The summed E-state index contributed by atoms with van der Waals surface area (Å²) in [4.78, 5) is 0. The Kier molecular flexibility index (Phi) is 6050. The molecule has 2 radical (unpaired) electrons. The van der Waals surface area contributed by atoms with Crippen LogP contribution in [0.2, 0.25) is 0 Å². The van der Waals surface area contributed by atoms with Crippen LogP contribution in [0.4, 0.5) is 0 Å². The van der Waals surface area contributed by atoms with Crippen LogP contribution in [0.5, 0.6) is 0 Å². The van der Waals surface area contributed by atoms with Crippen molar-refractivity contribution in [1.82, 2.24) is 0 Å². The van der Waals surface area contributed by atoms with Crippen LogP contribution in [0.25, 0.3) is 0 Å². The Morgan fingerprint density at radius 3 is 0.455 bits per heavy atom. The van der Waals surface area contributed by atoms with E-state index in [1.54, 1.807) is 0 Å². The third kappa shape index (κ3) is 192. The summed E-state index contributed by atoms with van der Waals surface area (Å²) in [5.41, 5.74) is 0. The fourth-order valence-corrected chi connectivity index (χ4v) is 0. The van der Waals surface area contributed by atoms with E-state index in [0.29, 0.717) is 0 Å². The van der Waals surface area contributed by atoms with Crippen molar-refractivity contribution in [3.8, 4) is 0 Å². The zero-order valence-corrected chi connectivity index (χ0v) is 11.0. The molecule has 0 amide bonds. The van der Waals surface area contributed by atoms with E-state index in [0.717, 1.165) is 0 Å². The third-order valence-electron chi connectivity index (χ3n) is 0. The molecule has 0 aliphatic rings. The Labute approximate surface area is 131 Å². The molecule has 4 N–H and O–H groups in total. The van der Waals surface area contributed by atoms with Crippen LogP contribution in [0.3, 0.4) is 0 Å².